The number of sulfone groups is 1. The van der Waals surface area contributed by atoms with Crippen molar-refractivity contribution in [2.75, 3.05) is 14.2 Å². The van der Waals surface area contributed by atoms with E-state index in [2.05, 4.69) is 5.32 Å². The van der Waals surface area contributed by atoms with Gasteiger partial charge in [0.15, 0.2) is 21.3 Å². The molecule has 2 aromatic rings. The van der Waals surface area contributed by atoms with Gasteiger partial charge in [-0.05, 0) is 24.3 Å². The van der Waals surface area contributed by atoms with Crippen LogP contribution in [0, 0.1) is 0 Å². The van der Waals surface area contributed by atoms with Crippen molar-refractivity contribution in [1.82, 2.24) is 5.32 Å². The third-order valence-electron chi connectivity index (χ3n) is 3.96. The molecule has 6 nitrogen and oxygen atoms in total. The predicted molar refractivity (Wildman–Crippen MR) is 93.4 cm³/mol. The summed E-state index contributed by atoms with van der Waals surface area (Å²) in [6, 6.07) is 10.0. The Morgan fingerprint density at radius 2 is 1.84 bits per heavy atom. The van der Waals surface area contributed by atoms with Crippen molar-refractivity contribution in [2.45, 2.75) is 11.4 Å². The standard InChI is InChI=1S/C18H17NO5S/c1-23-15-7-3-5-12(17(15)24-2)11-19-18(20)14-6-4-8-16-13(14)9-10-25(16,21)22/h3-10H,11H2,1-2H3,(H,19,20). The van der Waals surface area contributed by atoms with E-state index in [0.717, 1.165) is 11.0 Å². The minimum Gasteiger partial charge on any atom is -0.493 e. The predicted octanol–water partition coefficient (Wildman–Crippen LogP) is 2.39. The van der Waals surface area contributed by atoms with Crippen molar-refractivity contribution in [3.05, 3.63) is 58.5 Å². The van der Waals surface area contributed by atoms with Crippen LogP contribution in [0.15, 0.2) is 46.7 Å². The number of benzene rings is 2. The summed E-state index contributed by atoms with van der Waals surface area (Å²) in [6.07, 6.45) is 1.45. The van der Waals surface area contributed by atoms with E-state index < -0.39 is 9.84 Å². The highest BCUT2D eigenvalue weighted by molar-refractivity contribution is 7.94. The first-order valence-corrected chi connectivity index (χ1v) is 9.07. The van der Waals surface area contributed by atoms with Gasteiger partial charge in [-0.2, -0.15) is 0 Å². The number of carbonyl (C=O) groups is 1. The van der Waals surface area contributed by atoms with E-state index in [1.165, 1.54) is 19.3 Å². The molecule has 0 aliphatic carbocycles. The van der Waals surface area contributed by atoms with Crippen molar-refractivity contribution in [3.8, 4) is 11.5 Å². The molecule has 0 fully saturated rings. The van der Waals surface area contributed by atoms with Crippen LogP contribution in [0.3, 0.4) is 0 Å². The molecule has 0 saturated carbocycles. The number of amides is 1. The van der Waals surface area contributed by atoms with Gasteiger partial charge in [-0.25, -0.2) is 8.42 Å². The Bertz CT molecular complexity index is 963. The summed E-state index contributed by atoms with van der Waals surface area (Å²) in [4.78, 5) is 12.7. The molecule has 7 heteroatoms. The molecule has 1 heterocycles. The Kier molecular flexibility index (Phi) is 4.50. The highest BCUT2D eigenvalue weighted by Crippen LogP contribution is 2.31. The van der Waals surface area contributed by atoms with E-state index in [1.54, 1.807) is 31.4 Å². The van der Waals surface area contributed by atoms with Crippen LogP contribution in [0.4, 0.5) is 0 Å². The summed E-state index contributed by atoms with van der Waals surface area (Å²) in [5.41, 5.74) is 1.49. The fourth-order valence-electron chi connectivity index (χ4n) is 2.76. The van der Waals surface area contributed by atoms with Crippen molar-refractivity contribution in [1.29, 1.82) is 0 Å². The van der Waals surface area contributed by atoms with Gasteiger partial charge in [0.1, 0.15) is 0 Å². The summed E-state index contributed by atoms with van der Waals surface area (Å²) in [5.74, 6) is 0.762. The third-order valence-corrected chi connectivity index (χ3v) is 5.42. The van der Waals surface area contributed by atoms with Crippen molar-refractivity contribution in [2.24, 2.45) is 0 Å². The summed E-state index contributed by atoms with van der Waals surface area (Å²) < 4.78 is 34.4. The van der Waals surface area contributed by atoms with Crippen LogP contribution in [-0.4, -0.2) is 28.5 Å². The van der Waals surface area contributed by atoms with E-state index in [1.807, 2.05) is 6.07 Å². The lowest BCUT2D eigenvalue weighted by Crippen LogP contribution is -2.24. The number of para-hydroxylation sites is 1. The molecule has 1 amide bonds. The Morgan fingerprint density at radius 3 is 2.56 bits per heavy atom. The molecule has 0 bridgehead atoms. The average molecular weight is 359 g/mol. The molecule has 1 aliphatic rings. The summed E-state index contributed by atoms with van der Waals surface area (Å²) in [5, 5.41) is 3.91. The number of rotatable bonds is 5. The molecule has 0 spiro atoms. The zero-order valence-electron chi connectivity index (χ0n) is 13.8. The Hall–Kier alpha value is -2.80. The number of hydrogen-bond donors (Lipinski definition) is 1. The molecule has 2 aromatic carbocycles. The molecule has 130 valence electrons. The molecular formula is C18H17NO5S. The van der Waals surface area contributed by atoms with Gasteiger partial charge < -0.3 is 14.8 Å². The van der Waals surface area contributed by atoms with E-state index >= 15 is 0 Å². The monoisotopic (exact) mass is 359 g/mol. The van der Waals surface area contributed by atoms with Gasteiger partial charge in [0.25, 0.3) is 5.91 Å². The minimum absolute atomic E-state index is 0.152. The number of hydrogen-bond acceptors (Lipinski definition) is 5. The molecule has 0 radical (unpaired) electrons. The molecule has 3 rings (SSSR count). The van der Waals surface area contributed by atoms with Crippen LogP contribution in [-0.2, 0) is 16.4 Å². The highest BCUT2D eigenvalue weighted by Gasteiger charge is 2.25. The largest absolute Gasteiger partial charge is 0.493 e. The molecule has 1 N–H and O–H groups in total. The number of carbonyl (C=O) groups excluding carboxylic acids is 1. The molecule has 0 aromatic heterocycles. The molecule has 1 aliphatic heterocycles. The smallest absolute Gasteiger partial charge is 0.252 e. The van der Waals surface area contributed by atoms with Crippen molar-refractivity contribution < 1.29 is 22.7 Å². The SMILES string of the molecule is COc1cccc(CNC(=O)c2cccc3c2C=CS3(=O)=O)c1OC. The first-order chi connectivity index (χ1) is 12.0. The first kappa shape index (κ1) is 17.0. The van der Waals surface area contributed by atoms with Gasteiger partial charge in [-0.1, -0.05) is 18.2 Å². The fourth-order valence-corrected chi connectivity index (χ4v) is 3.97. The Labute approximate surface area is 146 Å². The van der Waals surface area contributed by atoms with Crippen LogP contribution in [0.25, 0.3) is 6.08 Å². The Balaban J connectivity index is 1.84. The lowest BCUT2D eigenvalue weighted by molar-refractivity contribution is 0.0950. The maximum Gasteiger partial charge on any atom is 0.252 e. The second kappa shape index (κ2) is 6.60. The quantitative estimate of drug-likeness (QED) is 0.886. The highest BCUT2D eigenvalue weighted by atomic mass is 32.2. The lowest BCUT2D eigenvalue weighted by atomic mass is 10.1. The summed E-state index contributed by atoms with van der Waals surface area (Å²) in [6.45, 7) is 0.222. The molecule has 25 heavy (non-hydrogen) atoms. The molecule has 0 atom stereocenters. The van der Waals surface area contributed by atoms with Gasteiger partial charge in [0.2, 0.25) is 0 Å². The fraction of sp³-hybridized carbons (Fsp3) is 0.167. The molecular weight excluding hydrogens is 342 g/mol. The lowest BCUT2D eigenvalue weighted by Gasteiger charge is -2.13. The van der Waals surface area contributed by atoms with Crippen LogP contribution in [0.5, 0.6) is 11.5 Å². The molecule has 0 saturated heterocycles. The maximum absolute atomic E-state index is 12.5. The number of ether oxygens (including phenoxy) is 2. The van der Waals surface area contributed by atoms with Crippen LogP contribution >= 0.6 is 0 Å². The van der Waals surface area contributed by atoms with E-state index in [9.17, 15) is 13.2 Å². The van der Waals surface area contributed by atoms with Gasteiger partial charge >= 0.3 is 0 Å². The third kappa shape index (κ3) is 3.10. The van der Waals surface area contributed by atoms with Crippen LogP contribution in [0.1, 0.15) is 21.5 Å². The van der Waals surface area contributed by atoms with Crippen LogP contribution in [0.2, 0.25) is 0 Å². The first-order valence-electron chi connectivity index (χ1n) is 7.52. The molecule has 0 unspecified atom stereocenters. The second-order valence-electron chi connectivity index (χ2n) is 5.40. The Morgan fingerprint density at radius 1 is 1.08 bits per heavy atom. The summed E-state index contributed by atoms with van der Waals surface area (Å²) in [7, 11) is -0.373. The van der Waals surface area contributed by atoms with Crippen molar-refractivity contribution >= 4 is 21.8 Å². The zero-order valence-corrected chi connectivity index (χ0v) is 14.6. The number of fused-ring (bicyclic) bond motifs is 1. The summed E-state index contributed by atoms with van der Waals surface area (Å²) >= 11 is 0. The van der Waals surface area contributed by atoms with E-state index in [4.69, 9.17) is 9.47 Å². The van der Waals surface area contributed by atoms with E-state index in [0.29, 0.717) is 22.6 Å². The van der Waals surface area contributed by atoms with Gasteiger partial charge in [0, 0.05) is 28.6 Å². The van der Waals surface area contributed by atoms with Gasteiger partial charge in [0.05, 0.1) is 19.1 Å². The topological polar surface area (TPSA) is 81.7 Å². The minimum atomic E-state index is -3.45. The van der Waals surface area contributed by atoms with Crippen LogP contribution < -0.4 is 14.8 Å². The van der Waals surface area contributed by atoms with E-state index in [-0.39, 0.29) is 17.3 Å². The average Bonchev–Trinajstić information content (AvgIpc) is 2.94. The number of nitrogens with one attached hydrogen (secondary N) is 1. The number of methoxy groups -OCH3 is 2. The second-order valence-corrected chi connectivity index (χ2v) is 7.20. The van der Waals surface area contributed by atoms with Gasteiger partial charge in [-0.15, -0.1) is 0 Å². The maximum atomic E-state index is 12.5. The van der Waals surface area contributed by atoms with Crippen molar-refractivity contribution in [3.63, 3.8) is 0 Å². The van der Waals surface area contributed by atoms with Gasteiger partial charge in [-0.3, -0.25) is 4.79 Å². The normalized spacial score (nSPS) is 14.0. The zero-order chi connectivity index (χ0) is 18.0.